The third kappa shape index (κ3) is 4.44. The van der Waals surface area contributed by atoms with Gasteiger partial charge in [-0.2, -0.15) is 8.78 Å². The highest BCUT2D eigenvalue weighted by atomic mass is 32.2. The van der Waals surface area contributed by atoms with Crippen LogP contribution in [0.5, 0.6) is 0 Å². The van der Waals surface area contributed by atoms with Gasteiger partial charge >= 0.3 is 6.09 Å². The molecule has 0 bridgehead atoms. The molecule has 2 heterocycles. The van der Waals surface area contributed by atoms with E-state index >= 15 is 0 Å². The van der Waals surface area contributed by atoms with E-state index < -0.39 is 11.8 Å². The Bertz CT molecular complexity index is 739. The van der Waals surface area contributed by atoms with E-state index in [4.69, 9.17) is 4.74 Å². The number of carbonyl (C=O) groups is 3. The van der Waals surface area contributed by atoms with Crippen LogP contribution in [-0.2, 0) is 14.3 Å². The Hall–Kier alpha value is -2.20. The van der Waals surface area contributed by atoms with Crippen LogP contribution in [-0.4, -0.2) is 67.4 Å². The number of nitrogens with zero attached hydrogens (tertiary/aromatic N) is 2. The molecule has 0 aromatic heterocycles. The van der Waals surface area contributed by atoms with Crippen molar-refractivity contribution in [2.75, 3.05) is 37.7 Å². The molecule has 3 amide bonds. The van der Waals surface area contributed by atoms with E-state index in [1.165, 1.54) is 24.3 Å². The van der Waals surface area contributed by atoms with E-state index in [2.05, 4.69) is 0 Å². The van der Waals surface area contributed by atoms with Crippen LogP contribution in [0, 0.1) is 0 Å². The molecule has 2 aliphatic heterocycles. The fourth-order valence-electron chi connectivity index (χ4n) is 3.54. The van der Waals surface area contributed by atoms with E-state index in [9.17, 15) is 23.2 Å². The Morgan fingerprint density at radius 1 is 1.25 bits per heavy atom. The normalized spacial score (nSPS) is 20.9. The summed E-state index contributed by atoms with van der Waals surface area (Å²) in [5.41, 5.74) is 0.390. The number of alkyl halides is 2. The molecule has 28 heavy (non-hydrogen) atoms. The standard InChI is InChI=1S/C18H21F2N3O4S/c1-2-27-18(26)22-9-7-21(8-10-22)14-11-15(24)23(16(14)25)12-3-5-13(6-4-12)28-17(19)20/h3-6,14,17H,2,7-11H2,1H3/p+1/t14-/m0/s1. The number of halogens is 2. The van der Waals surface area contributed by atoms with E-state index in [1.807, 2.05) is 0 Å². The minimum absolute atomic E-state index is 0.0983. The molecule has 0 unspecified atom stereocenters. The number of quaternary nitrogens is 1. The molecule has 2 aliphatic rings. The summed E-state index contributed by atoms with van der Waals surface area (Å²) in [6.07, 6.45) is -0.264. The van der Waals surface area contributed by atoms with Crippen molar-refractivity contribution in [3.63, 3.8) is 0 Å². The van der Waals surface area contributed by atoms with Gasteiger partial charge in [0.05, 0.1) is 44.9 Å². The topological polar surface area (TPSA) is 71.4 Å². The summed E-state index contributed by atoms with van der Waals surface area (Å²) in [4.78, 5) is 41.1. The van der Waals surface area contributed by atoms with Crippen molar-refractivity contribution in [2.24, 2.45) is 0 Å². The molecular weight excluding hydrogens is 392 g/mol. The van der Waals surface area contributed by atoms with Crippen molar-refractivity contribution in [2.45, 2.75) is 30.0 Å². The molecule has 2 fully saturated rings. The number of imide groups is 1. The molecule has 1 aromatic carbocycles. The van der Waals surface area contributed by atoms with Crippen LogP contribution in [0.25, 0.3) is 0 Å². The number of carbonyl (C=O) groups excluding carboxylic acids is 3. The lowest BCUT2D eigenvalue weighted by atomic mass is 10.2. The molecule has 152 valence electrons. The zero-order valence-electron chi connectivity index (χ0n) is 15.4. The first-order valence-corrected chi connectivity index (χ1v) is 9.96. The second-order valence-corrected chi connectivity index (χ2v) is 7.60. The lowest BCUT2D eigenvalue weighted by Crippen LogP contribution is -3.19. The number of ether oxygens (including phenoxy) is 1. The Balaban J connectivity index is 1.63. The third-order valence-corrected chi connectivity index (χ3v) is 5.61. The number of rotatable bonds is 5. The van der Waals surface area contributed by atoms with Crippen LogP contribution in [0.4, 0.5) is 19.3 Å². The van der Waals surface area contributed by atoms with Crippen LogP contribution in [0.1, 0.15) is 13.3 Å². The van der Waals surface area contributed by atoms with E-state index in [-0.39, 0.29) is 24.3 Å². The minimum atomic E-state index is -2.53. The zero-order chi connectivity index (χ0) is 20.3. The van der Waals surface area contributed by atoms with Crippen LogP contribution in [0.3, 0.4) is 0 Å². The highest BCUT2D eigenvalue weighted by Crippen LogP contribution is 2.29. The summed E-state index contributed by atoms with van der Waals surface area (Å²) in [5, 5.41) is 0. The maximum Gasteiger partial charge on any atom is 0.410 e. The van der Waals surface area contributed by atoms with E-state index in [0.717, 1.165) is 9.80 Å². The highest BCUT2D eigenvalue weighted by Gasteiger charge is 2.46. The van der Waals surface area contributed by atoms with Crippen LogP contribution in [0.15, 0.2) is 29.2 Å². The SMILES string of the molecule is CCOC(=O)N1CC[NH+]([C@H]2CC(=O)N(c3ccc(SC(F)F)cc3)C2=O)CC1. The van der Waals surface area contributed by atoms with Gasteiger partial charge in [-0.25, -0.2) is 9.69 Å². The van der Waals surface area contributed by atoms with E-state index in [0.29, 0.717) is 55.1 Å². The van der Waals surface area contributed by atoms with Crippen LogP contribution < -0.4 is 9.80 Å². The van der Waals surface area contributed by atoms with Crippen molar-refractivity contribution < 1.29 is 32.8 Å². The van der Waals surface area contributed by atoms with E-state index in [1.54, 1.807) is 11.8 Å². The first-order valence-electron chi connectivity index (χ1n) is 9.08. The Kier molecular flexibility index (Phi) is 6.50. The first kappa shape index (κ1) is 20.5. The summed E-state index contributed by atoms with van der Waals surface area (Å²) in [7, 11) is 0. The fourth-order valence-corrected chi connectivity index (χ4v) is 4.04. The Labute approximate surface area is 165 Å². The predicted octanol–water partition coefficient (Wildman–Crippen LogP) is 0.990. The maximum absolute atomic E-state index is 12.9. The number of thioether (sulfide) groups is 1. The number of benzene rings is 1. The van der Waals surface area contributed by atoms with Crippen molar-refractivity contribution in [3.05, 3.63) is 24.3 Å². The first-order chi connectivity index (χ1) is 13.4. The van der Waals surface area contributed by atoms with Crippen molar-refractivity contribution in [1.82, 2.24) is 4.90 Å². The number of nitrogens with one attached hydrogen (secondary N) is 1. The van der Waals surface area contributed by atoms with Gasteiger partial charge in [-0.15, -0.1) is 0 Å². The number of anilines is 1. The number of hydrogen-bond acceptors (Lipinski definition) is 5. The fraction of sp³-hybridized carbons (Fsp3) is 0.500. The van der Waals surface area contributed by atoms with Gasteiger partial charge in [0.1, 0.15) is 0 Å². The highest BCUT2D eigenvalue weighted by molar-refractivity contribution is 7.99. The van der Waals surface area contributed by atoms with Gasteiger partial charge in [-0.1, -0.05) is 11.8 Å². The lowest BCUT2D eigenvalue weighted by Gasteiger charge is -2.33. The summed E-state index contributed by atoms with van der Waals surface area (Å²) >= 11 is 0.412. The van der Waals surface area contributed by atoms with Gasteiger partial charge in [0.2, 0.25) is 5.91 Å². The number of hydrogen-bond donors (Lipinski definition) is 1. The number of amides is 3. The molecule has 7 nitrogen and oxygen atoms in total. The summed E-state index contributed by atoms with van der Waals surface area (Å²) in [6.45, 7) is 4.10. The average molecular weight is 414 g/mol. The molecule has 0 radical (unpaired) electrons. The second kappa shape index (κ2) is 8.87. The molecule has 0 spiro atoms. The second-order valence-electron chi connectivity index (χ2n) is 6.54. The monoisotopic (exact) mass is 414 g/mol. The quantitative estimate of drug-likeness (QED) is 0.575. The van der Waals surface area contributed by atoms with Crippen LogP contribution in [0.2, 0.25) is 0 Å². The molecular formula is C18H22F2N3O4S+. The average Bonchev–Trinajstić information content (AvgIpc) is 2.97. The van der Waals surface area contributed by atoms with Gasteiger partial charge < -0.3 is 9.64 Å². The molecule has 1 aromatic rings. The molecule has 1 N–H and O–H groups in total. The summed E-state index contributed by atoms with van der Waals surface area (Å²) in [6, 6.07) is 5.48. The Morgan fingerprint density at radius 3 is 2.46 bits per heavy atom. The molecule has 0 saturated carbocycles. The zero-order valence-corrected chi connectivity index (χ0v) is 16.2. The van der Waals surface area contributed by atoms with Gasteiger partial charge in [0.15, 0.2) is 6.04 Å². The maximum atomic E-state index is 12.9. The third-order valence-electron chi connectivity index (χ3n) is 4.89. The molecule has 3 rings (SSSR count). The molecule has 2 saturated heterocycles. The van der Waals surface area contributed by atoms with Crippen molar-refractivity contribution in [1.29, 1.82) is 0 Å². The van der Waals surface area contributed by atoms with Gasteiger partial charge in [-0.05, 0) is 31.2 Å². The predicted molar refractivity (Wildman–Crippen MR) is 98.5 cm³/mol. The van der Waals surface area contributed by atoms with Crippen molar-refractivity contribution in [3.8, 4) is 0 Å². The Morgan fingerprint density at radius 2 is 1.89 bits per heavy atom. The van der Waals surface area contributed by atoms with Gasteiger partial charge in [-0.3, -0.25) is 14.5 Å². The smallest absolute Gasteiger partial charge is 0.410 e. The minimum Gasteiger partial charge on any atom is -0.450 e. The summed E-state index contributed by atoms with van der Waals surface area (Å²) in [5.74, 6) is -3.12. The summed E-state index contributed by atoms with van der Waals surface area (Å²) < 4.78 is 29.9. The molecule has 10 heteroatoms. The number of piperazine rings is 1. The largest absolute Gasteiger partial charge is 0.450 e. The van der Waals surface area contributed by atoms with Gasteiger partial charge in [0.25, 0.3) is 11.7 Å². The lowest BCUT2D eigenvalue weighted by molar-refractivity contribution is -0.918. The van der Waals surface area contributed by atoms with Gasteiger partial charge in [0, 0.05) is 4.90 Å². The molecule has 0 aliphatic carbocycles. The van der Waals surface area contributed by atoms with Crippen molar-refractivity contribution >= 4 is 35.4 Å². The molecule has 1 atom stereocenters. The van der Waals surface area contributed by atoms with Crippen LogP contribution >= 0.6 is 11.8 Å².